The molecule has 1 saturated heterocycles. The van der Waals surface area contributed by atoms with E-state index in [4.69, 9.17) is 9.63 Å². The normalized spacial score (nSPS) is 15.6. The van der Waals surface area contributed by atoms with Crippen LogP contribution in [0.5, 0.6) is 0 Å². The fourth-order valence-corrected chi connectivity index (χ4v) is 5.43. The van der Waals surface area contributed by atoms with Gasteiger partial charge in [-0.2, -0.15) is 13.2 Å². The van der Waals surface area contributed by atoms with E-state index in [1.165, 1.54) is 6.07 Å². The van der Waals surface area contributed by atoms with Crippen molar-refractivity contribution in [3.8, 4) is 0 Å². The Kier molecular flexibility index (Phi) is 10.7. The summed E-state index contributed by atoms with van der Waals surface area (Å²) in [6.45, 7) is 0.979. The smallest absolute Gasteiger partial charge is 0.379 e. The van der Waals surface area contributed by atoms with Crippen LogP contribution in [0.15, 0.2) is 41.3 Å². The van der Waals surface area contributed by atoms with Crippen molar-refractivity contribution in [2.24, 2.45) is 0 Å². The summed E-state index contributed by atoms with van der Waals surface area (Å²) in [4.78, 5) is 8.38. The van der Waals surface area contributed by atoms with Gasteiger partial charge in [-0.1, -0.05) is 24.6 Å². The summed E-state index contributed by atoms with van der Waals surface area (Å²) in [6, 6.07) is 8.30. The van der Waals surface area contributed by atoms with E-state index in [1.54, 1.807) is 18.2 Å². The zero-order valence-corrected chi connectivity index (χ0v) is 21.2. The molecule has 1 unspecified atom stereocenters. The van der Waals surface area contributed by atoms with Crippen molar-refractivity contribution in [1.29, 1.82) is 0 Å². The lowest BCUT2D eigenvalue weighted by Crippen LogP contribution is -2.47. The number of benzene rings is 2. The molecule has 5 nitrogen and oxygen atoms in total. The summed E-state index contributed by atoms with van der Waals surface area (Å²) in [5.74, 6) is -0.662. The number of rotatable bonds is 14. The zero-order valence-electron chi connectivity index (χ0n) is 19.5. The Morgan fingerprint density at radius 1 is 1.11 bits per heavy atom. The van der Waals surface area contributed by atoms with E-state index < -0.39 is 31.2 Å². The number of hydrogen-bond acceptors (Lipinski definition) is 5. The Hall–Kier alpha value is -1.62. The van der Waals surface area contributed by atoms with Crippen LogP contribution in [0.2, 0.25) is 0 Å². The lowest BCUT2D eigenvalue weighted by molar-refractivity contribution is -0.139. The lowest BCUT2D eigenvalue weighted by Gasteiger charge is -2.42. The Morgan fingerprint density at radius 3 is 2.50 bits per heavy atom. The minimum Gasteiger partial charge on any atom is -0.379 e. The highest BCUT2D eigenvalue weighted by Gasteiger charge is 2.41. The van der Waals surface area contributed by atoms with Crippen molar-refractivity contribution in [3.63, 3.8) is 0 Å². The molecule has 1 fully saturated rings. The number of ether oxygens (including phenoxy) is 1. The third kappa shape index (κ3) is 7.94. The molecule has 0 aromatic heterocycles. The summed E-state index contributed by atoms with van der Waals surface area (Å²) >= 11 is 0.956. The molecule has 0 spiro atoms. The van der Waals surface area contributed by atoms with Crippen molar-refractivity contribution >= 4 is 20.0 Å². The predicted molar refractivity (Wildman–Crippen MR) is 127 cm³/mol. The lowest BCUT2D eigenvalue weighted by atomic mass is 9.74. The fourth-order valence-electron chi connectivity index (χ4n) is 4.06. The highest BCUT2D eigenvalue weighted by molar-refractivity contribution is 7.99. The van der Waals surface area contributed by atoms with Gasteiger partial charge in [-0.25, -0.2) is 8.78 Å². The first-order valence-corrected chi connectivity index (χ1v) is 13.6. The molecule has 0 amide bonds. The first kappa shape index (κ1) is 28.9. The highest BCUT2D eigenvalue weighted by atomic mass is 32.2. The second kappa shape index (κ2) is 13.3. The maximum atomic E-state index is 14.5. The van der Waals surface area contributed by atoms with Gasteiger partial charge in [0.05, 0.1) is 18.8 Å². The van der Waals surface area contributed by atoms with Crippen molar-refractivity contribution in [3.05, 3.63) is 64.7 Å². The van der Waals surface area contributed by atoms with E-state index in [0.29, 0.717) is 50.2 Å². The van der Waals surface area contributed by atoms with Crippen molar-refractivity contribution in [2.45, 2.75) is 48.7 Å². The maximum Gasteiger partial charge on any atom is 0.694 e. The van der Waals surface area contributed by atoms with Crippen LogP contribution in [0.25, 0.3) is 0 Å². The molecule has 198 valence electrons. The van der Waals surface area contributed by atoms with E-state index in [1.807, 2.05) is 0 Å². The molecule has 1 heterocycles. The summed E-state index contributed by atoms with van der Waals surface area (Å²) in [5, 5.41) is 2.81. The van der Waals surface area contributed by atoms with Crippen LogP contribution in [0.1, 0.15) is 42.4 Å². The molecule has 2 aromatic rings. The van der Waals surface area contributed by atoms with Crippen LogP contribution < -0.4 is 5.32 Å². The van der Waals surface area contributed by atoms with Gasteiger partial charge in [0, 0.05) is 27.0 Å². The second-order valence-electron chi connectivity index (χ2n) is 8.60. The Morgan fingerprint density at radius 2 is 1.86 bits per heavy atom. The van der Waals surface area contributed by atoms with Crippen molar-refractivity contribution in [2.75, 3.05) is 32.1 Å². The summed E-state index contributed by atoms with van der Waals surface area (Å²) in [6.07, 6.45) is -2.38. The average Bonchev–Trinajstić information content (AvgIpc) is 2.78. The van der Waals surface area contributed by atoms with E-state index in [-0.39, 0.29) is 36.0 Å². The van der Waals surface area contributed by atoms with E-state index >= 15 is 0 Å². The van der Waals surface area contributed by atoms with Crippen LogP contribution in [0.4, 0.5) is 22.0 Å². The van der Waals surface area contributed by atoms with Crippen LogP contribution in [-0.2, 0) is 32.0 Å². The van der Waals surface area contributed by atoms with Crippen molar-refractivity contribution in [1.82, 2.24) is 5.32 Å². The van der Waals surface area contributed by atoms with Crippen LogP contribution in [-0.4, -0.2) is 37.0 Å². The number of alkyl halides is 3. The molecule has 0 bridgehead atoms. The van der Waals surface area contributed by atoms with Gasteiger partial charge in [0.15, 0.2) is 0 Å². The molecule has 36 heavy (non-hydrogen) atoms. The minimum absolute atomic E-state index is 0.000994. The summed E-state index contributed by atoms with van der Waals surface area (Å²) in [7, 11) is -2.70. The number of nitrogens with one attached hydrogen (secondary N) is 1. The molecule has 1 aliphatic rings. The Bertz CT molecular complexity index is 1040. The topological polar surface area (TPSA) is 67.8 Å². The number of thioether (sulfide) groups is 1. The Balaban J connectivity index is 1.53. The van der Waals surface area contributed by atoms with Gasteiger partial charge in [0.1, 0.15) is 18.2 Å². The first-order valence-electron chi connectivity index (χ1n) is 11.5. The summed E-state index contributed by atoms with van der Waals surface area (Å²) < 4.78 is 90.0. The van der Waals surface area contributed by atoms with Crippen molar-refractivity contribution < 1.29 is 40.7 Å². The molecule has 0 saturated carbocycles. The number of unbranched alkanes of at least 4 members (excludes halogenated alkanes) is 1. The third-order valence-electron chi connectivity index (χ3n) is 5.98. The second-order valence-corrected chi connectivity index (χ2v) is 10.5. The molecule has 0 radical (unpaired) electrons. The van der Waals surface area contributed by atoms with E-state index in [0.717, 1.165) is 23.9 Å². The van der Waals surface area contributed by atoms with E-state index in [9.17, 15) is 26.5 Å². The maximum absolute atomic E-state index is 14.5. The molecule has 2 N–H and O–H groups in total. The Labute approximate surface area is 211 Å². The van der Waals surface area contributed by atoms with Gasteiger partial charge in [0.25, 0.3) is 0 Å². The zero-order chi connectivity index (χ0) is 26.2. The summed E-state index contributed by atoms with van der Waals surface area (Å²) in [5.41, 5.74) is -0.805. The van der Waals surface area contributed by atoms with Crippen LogP contribution in [0, 0.1) is 11.6 Å². The number of hydrogen-bond donors (Lipinski definition) is 2. The standard InChI is InChI=1S/C24H27F5NO4PS/c25-20-7-2-1-6-18(20)23(15-33-16-23)8-3-4-11-36-22-13-21(26)17(12-19(22)24(27,28)29)14-30-9-5-10-34-35(31)32/h1-2,6-7,12-13,30H,3-5,8-11,14-16H2/p+1. The molecule has 12 heteroatoms. The predicted octanol–water partition coefficient (Wildman–Crippen LogP) is 6.36. The molecule has 1 atom stereocenters. The van der Waals surface area contributed by atoms with Gasteiger partial charge in [-0.3, -0.25) is 0 Å². The van der Waals surface area contributed by atoms with Crippen LogP contribution >= 0.6 is 20.0 Å². The molecular formula is C24H28F5NO4PS+. The molecular weight excluding hydrogens is 524 g/mol. The van der Waals surface area contributed by atoms with Gasteiger partial charge in [0.2, 0.25) is 0 Å². The van der Waals surface area contributed by atoms with Crippen LogP contribution in [0.3, 0.4) is 0 Å². The molecule has 1 aliphatic heterocycles. The van der Waals surface area contributed by atoms with Gasteiger partial charge in [-0.15, -0.1) is 21.2 Å². The van der Waals surface area contributed by atoms with E-state index in [2.05, 4.69) is 9.84 Å². The largest absolute Gasteiger partial charge is 0.694 e. The molecule has 3 rings (SSSR count). The fraction of sp³-hybridized carbons (Fsp3) is 0.500. The van der Waals surface area contributed by atoms with Gasteiger partial charge >= 0.3 is 14.4 Å². The van der Waals surface area contributed by atoms with Gasteiger partial charge < -0.3 is 10.1 Å². The quantitative estimate of drug-likeness (QED) is 0.123. The monoisotopic (exact) mass is 552 g/mol. The molecule has 0 aliphatic carbocycles. The first-order chi connectivity index (χ1) is 17.1. The van der Waals surface area contributed by atoms with Gasteiger partial charge in [-0.05, 0) is 55.3 Å². The molecule has 2 aromatic carbocycles. The number of halogens is 5. The highest BCUT2D eigenvalue weighted by Crippen LogP contribution is 2.40. The third-order valence-corrected chi connectivity index (χ3v) is 7.52. The average molecular weight is 553 g/mol. The SMILES string of the molecule is O=[P+](O)OCCCNCc1cc(C(F)(F)F)c(SCCCCC2(c3ccccc3F)COC2)cc1F. The minimum atomic E-state index is -4.64.